The summed E-state index contributed by atoms with van der Waals surface area (Å²) in [5.74, 6) is 0.383. The standard InChI is InChI=1S/C15H24BrN3O2/c1-9(2)8-19-14(20)13(16)10(7-17-19)18-11-6-12(21-5)15(11,3)4/h7,9,11-12,18H,6,8H2,1-5H3. The maximum Gasteiger partial charge on any atom is 0.283 e. The molecule has 0 amide bonds. The van der Waals surface area contributed by atoms with Crippen molar-refractivity contribution in [3.05, 3.63) is 21.0 Å². The lowest BCUT2D eigenvalue weighted by Crippen LogP contribution is -2.57. The molecule has 2 unspecified atom stereocenters. The number of methoxy groups -OCH3 is 1. The Labute approximate surface area is 134 Å². The quantitative estimate of drug-likeness (QED) is 0.880. The van der Waals surface area contributed by atoms with Crippen molar-refractivity contribution in [3.63, 3.8) is 0 Å². The highest BCUT2D eigenvalue weighted by Gasteiger charge is 2.48. The van der Waals surface area contributed by atoms with Gasteiger partial charge in [-0.05, 0) is 28.3 Å². The van der Waals surface area contributed by atoms with Crippen molar-refractivity contribution in [3.8, 4) is 0 Å². The van der Waals surface area contributed by atoms with Gasteiger partial charge in [0.15, 0.2) is 0 Å². The Hall–Kier alpha value is -0.880. The van der Waals surface area contributed by atoms with Crippen LogP contribution in [0.2, 0.25) is 0 Å². The van der Waals surface area contributed by atoms with Crippen LogP contribution in [0.25, 0.3) is 0 Å². The van der Waals surface area contributed by atoms with E-state index >= 15 is 0 Å². The van der Waals surface area contributed by atoms with Gasteiger partial charge in [-0.25, -0.2) is 4.68 Å². The molecule has 0 bridgehead atoms. The Balaban J connectivity index is 2.16. The molecule has 2 atom stereocenters. The summed E-state index contributed by atoms with van der Waals surface area (Å²) < 4.78 is 7.51. The van der Waals surface area contributed by atoms with Gasteiger partial charge in [0.1, 0.15) is 4.47 Å². The third-order valence-corrected chi connectivity index (χ3v) is 5.08. The molecule has 21 heavy (non-hydrogen) atoms. The van der Waals surface area contributed by atoms with Crippen molar-refractivity contribution in [2.45, 2.75) is 52.8 Å². The summed E-state index contributed by atoms with van der Waals surface area (Å²) in [4.78, 5) is 12.3. The molecule has 1 aromatic heterocycles. The zero-order valence-electron chi connectivity index (χ0n) is 13.3. The molecule has 0 spiro atoms. The zero-order valence-corrected chi connectivity index (χ0v) is 14.9. The maximum atomic E-state index is 12.3. The summed E-state index contributed by atoms with van der Waals surface area (Å²) in [5.41, 5.74) is 0.711. The van der Waals surface area contributed by atoms with Gasteiger partial charge in [0.05, 0.1) is 18.0 Å². The molecule has 6 heteroatoms. The van der Waals surface area contributed by atoms with Crippen LogP contribution >= 0.6 is 15.9 Å². The van der Waals surface area contributed by atoms with Crippen LogP contribution in [0.3, 0.4) is 0 Å². The van der Waals surface area contributed by atoms with E-state index in [-0.39, 0.29) is 23.1 Å². The smallest absolute Gasteiger partial charge is 0.283 e. The lowest BCUT2D eigenvalue weighted by molar-refractivity contribution is -0.0794. The SMILES string of the molecule is COC1CC(Nc2cnn(CC(C)C)c(=O)c2Br)C1(C)C. The van der Waals surface area contributed by atoms with Gasteiger partial charge in [-0.1, -0.05) is 27.7 Å². The molecular formula is C15H24BrN3O2. The Morgan fingerprint density at radius 3 is 2.76 bits per heavy atom. The van der Waals surface area contributed by atoms with Crippen LogP contribution in [0.4, 0.5) is 5.69 Å². The van der Waals surface area contributed by atoms with Gasteiger partial charge < -0.3 is 10.1 Å². The molecule has 1 aromatic rings. The van der Waals surface area contributed by atoms with Gasteiger partial charge in [0.25, 0.3) is 5.56 Å². The van der Waals surface area contributed by atoms with E-state index in [0.29, 0.717) is 16.9 Å². The molecule has 0 aromatic carbocycles. The normalized spacial score (nSPS) is 24.0. The minimum atomic E-state index is -0.0888. The van der Waals surface area contributed by atoms with Crippen molar-refractivity contribution >= 4 is 21.6 Å². The Bertz CT molecular complexity index is 569. The van der Waals surface area contributed by atoms with E-state index in [1.54, 1.807) is 13.3 Å². The molecule has 0 aliphatic heterocycles. The van der Waals surface area contributed by atoms with Crippen LogP contribution in [0.1, 0.15) is 34.1 Å². The second-order valence-electron chi connectivity index (χ2n) is 6.73. The van der Waals surface area contributed by atoms with Crippen LogP contribution in [-0.2, 0) is 11.3 Å². The summed E-state index contributed by atoms with van der Waals surface area (Å²) >= 11 is 3.41. The second-order valence-corrected chi connectivity index (χ2v) is 7.52. The van der Waals surface area contributed by atoms with Crippen molar-refractivity contribution in [1.82, 2.24) is 9.78 Å². The van der Waals surface area contributed by atoms with Crippen molar-refractivity contribution in [2.24, 2.45) is 11.3 Å². The number of nitrogens with zero attached hydrogens (tertiary/aromatic N) is 2. The molecule has 1 aliphatic rings. The third-order valence-electron chi connectivity index (χ3n) is 4.31. The molecule has 5 nitrogen and oxygen atoms in total. The first kappa shape index (κ1) is 16.5. The lowest BCUT2D eigenvalue weighted by atomic mass is 9.64. The van der Waals surface area contributed by atoms with Crippen LogP contribution in [0.5, 0.6) is 0 Å². The number of hydrogen-bond acceptors (Lipinski definition) is 4. The third kappa shape index (κ3) is 3.16. The van der Waals surface area contributed by atoms with Crippen molar-refractivity contribution in [1.29, 1.82) is 0 Å². The van der Waals surface area contributed by atoms with E-state index in [1.807, 2.05) is 0 Å². The molecule has 1 fully saturated rings. The molecule has 1 aliphatic carbocycles. The number of nitrogens with one attached hydrogen (secondary N) is 1. The summed E-state index contributed by atoms with van der Waals surface area (Å²) in [6.45, 7) is 9.09. The molecule has 1 saturated carbocycles. The summed E-state index contributed by atoms with van der Waals surface area (Å²) in [7, 11) is 1.74. The highest BCUT2D eigenvalue weighted by Crippen LogP contribution is 2.44. The van der Waals surface area contributed by atoms with Gasteiger partial charge in [-0.3, -0.25) is 4.79 Å². The first-order valence-electron chi connectivity index (χ1n) is 7.32. The second kappa shape index (κ2) is 6.08. The minimum Gasteiger partial charge on any atom is -0.381 e. The van der Waals surface area contributed by atoms with Crippen LogP contribution in [-0.4, -0.2) is 29.0 Å². The Morgan fingerprint density at radius 1 is 1.57 bits per heavy atom. The summed E-state index contributed by atoms with van der Waals surface area (Å²) in [6.07, 6.45) is 2.91. The fourth-order valence-corrected chi connectivity index (χ4v) is 3.18. The van der Waals surface area contributed by atoms with E-state index in [9.17, 15) is 4.79 Å². The summed E-state index contributed by atoms with van der Waals surface area (Å²) in [5, 5.41) is 7.68. The predicted octanol–water partition coefficient (Wildman–Crippen LogP) is 2.89. The maximum absolute atomic E-state index is 12.3. The molecule has 2 rings (SSSR count). The van der Waals surface area contributed by atoms with Gasteiger partial charge in [0, 0.05) is 25.1 Å². The molecule has 118 valence electrons. The molecule has 1 N–H and O–H groups in total. The highest BCUT2D eigenvalue weighted by atomic mass is 79.9. The van der Waals surface area contributed by atoms with Crippen LogP contribution in [0.15, 0.2) is 15.5 Å². The number of hydrogen-bond donors (Lipinski definition) is 1. The fourth-order valence-electron chi connectivity index (χ4n) is 2.76. The fraction of sp³-hybridized carbons (Fsp3) is 0.733. The topological polar surface area (TPSA) is 56.1 Å². The van der Waals surface area contributed by atoms with Gasteiger partial charge >= 0.3 is 0 Å². The average Bonchev–Trinajstić information content (AvgIpc) is 2.41. The van der Waals surface area contributed by atoms with E-state index in [0.717, 1.165) is 12.1 Å². The van der Waals surface area contributed by atoms with E-state index in [1.165, 1.54) is 4.68 Å². The first-order valence-corrected chi connectivity index (χ1v) is 8.11. The Kier molecular flexibility index (Phi) is 4.78. The van der Waals surface area contributed by atoms with Crippen LogP contribution in [0, 0.1) is 11.3 Å². The van der Waals surface area contributed by atoms with E-state index < -0.39 is 0 Å². The number of aromatic nitrogens is 2. The molecule has 0 saturated heterocycles. The van der Waals surface area contributed by atoms with E-state index in [4.69, 9.17) is 4.74 Å². The molecule has 1 heterocycles. The van der Waals surface area contributed by atoms with Gasteiger partial charge in [-0.15, -0.1) is 0 Å². The highest BCUT2D eigenvalue weighted by molar-refractivity contribution is 9.10. The first-order chi connectivity index (χ1) is 9.77. The minimum absolute atomic E-state index is 0.0426. The number of rotatable bonds is 5. The van der Waals surface area contributed by atoms with E-state index in [2.05, 4.69) is 54.0 Å². The average molecular weight is 358 g/mol. The Morgan fingerprint density at radius 2 is 2.24 bits per heavy atom. The molecular weight excluding hydrogens is 334 g/mol. The largest absolute Gasteiger partial charge is 0.381 e. The zero-order chi connectivity index (χ0) is 15.8. The van der Waals surface area contributed by atoms with Gasteiger partial charge in [0.2, 0.25) is 0 Å². The van der Waals surface area contributed by atoms with Gasteiger partial charge in [-0.2, -0.15) is 5.10 Å². The monoisotopic (exact) mass is 357 g/mol. The number of ether oxygens (including phenoxy) is 1. The predicted molar refractivity (Wildman–Crippen MR) is 87.6 cm³/mol. The number of anilines is 1. The van der Waals surface area contributed by atoms with Crippen molar-refractivity contribution in [2.75, 3.05) is 12.4 Å². The number of halogens is 1. The van der Waals surface area contributed by atoms with Crippen molar-refractivity contribution < 1.29 is 4.74 Å². The van der Waals surface area contributed by atoms with Crippen LogP contribution < -0.4 is 10.9 Å². The summed E-state index contributed by atoms with van der Waals surface area (Å²) in [6, 6.07) is 0.279. The lowest BCUT2D eigenvalue weighted by Gasteiger charge is -2.51. The molecule has 0 radical (unpaired) electrons.